The molecular weight excluding hydrogens is 252 g/mol. The molecule has 0 aromatic heterocycles. The molecule has 0 bridgehead atoms. The number of rotatable bonds is 1. The van der Waals surface area contributed by atoms with Crippen molar-refractivity contribution in [1.82, 2.24) is 0 Å². The largest absolute Gasteiger partial charge is 0.363 e. The van der Waals surface area contributed by atoms with Crippen LogP contribution in [0.4, 0.5) is 5.69 Å². The Balaban J connectivity index is 2.07. The summed E-state index contributed by atoms with van der Waals surface area (Å²) < 4.78 is 1.22. The number of hydrogen-bond donors (Lipinski definition) is 1. The summed E-state index contributed by atoms with van der Waals surface area (Å²) in [4.78, 5) is 2.54. The average Bonchev–Trinajstić information content (AvgIpc) is 2.75. The summed E-state index contributed by atoms with van der Waals surface area (Å²) in [6, 6.07) is 7.75. The van der Waals surface area contributed by atoms with E-state index in [2.05, 4.69) is 39.0 Å². The van der Waals surface area contributed by atoms with Crippen LogP contribution in [-0.4, -0.2) is 18.6 Å². The SMILES string of the molecule is NCC1CCC2Cc3cccc(Br)c3N12. The third kappa shape index (κ3) is 1.33. The predicted molar refractivity (Wildman–Crippen MR) is 66.2 cm³/mol. The molecule has 0 aliphatic carbocycles. The van der Waals surface area contributed by atoms with Crippen molar-refractivity contribution < 1.29 is 0 Å². The Morgan fingerprint density at radius 3 is 3.07 bits per heavy atom. The van der Waals surface area contributed by atoms with Gasteiger partial charge in [0.25, 0.3) is 0 Å². The lowest BCUT2D eigenvalue weighted by molar-refractivity contribution is 0.658. The van der Waals surface area contributed by atoms with Gasteiger partial charge in [-0.05, 0) is 46.8 Å². The normalized spacial score (nSPS) is 28.0. The highest BCUT2D eigenvalue weighted by molar-refractivity contribution is 9.10. The zero-order valence-electron chi connectivity index (χ0n) is 8.62. The molecule has 0 radical (unpaired) electrons. The molecule has 1 saturated heterocycles. The van der Waals surface area contributed by atoms with Crippen molar-refractivity contribution in [2.45, 2.75) is 31.3 Å². The second kappa shape index (κ2) is 3.49. The first-order valence-electron chi connectivity index (χ1n) is 5.57. The van der Waals surface area contributed by atoms with E-state index in [1.807, 2.05) is 0 Å². The molecule has 2 N–H and O–H groups in total. The first kappa shape index (κ1) is 9.67. The number of nitrogens with two attached hydrogens (primary N) is 1. The van der Waals surface area contributed by atoms with Crippen molar-refractivity contribution in [2.24, 2.45) is 5.73 Å². The molecule has 2 atom stereocenters. The molecule has 1 fully saturated rings. The van der Waals surface area contributed by atoms with Gasteiger partial charge in [0.2, 0.25) is 0 Å². The molecule has 0 amide bonds. The Bertz CT molecular complexity index is 389. The van der Waals surface area contributed by atoms with Crippen molar-refractivity contribution in [2.75, 3.05) is 11.4 Å². The number of anilines is 1. The quantitative estimate of drug-likeness (QED) is 0.846. The highest BCUT2D eigenvalue weighted by Crippen LogP contribution is 2.44. The third-order valence-corrected chi connectivity index (χ3v) is 4.32. The van der Waals surface area contributed by atoms with Crippen LogP contribution < -0.4 is 10.6 Å². The number of halogens is 1. The van der Waals surface area contributed by atoms with E-state index < -0.39 is 0 Å². The molecule has 2 unspecified atom stereocenters. The Kier molecular flexibility index (Phi) is 2.25. The number of para-hydroxylation sites is 1. The zero-order chi connectivity index (χ0) is 10.4. The molecule has 0 spiro atoms. The third-order valence-electron chi connectivity index (χ3n) is 3.68. The van der Waals surface area contributed by atoms with Crippen molar-refractivity contribution in [3.63, 3.8) is 0 Å². The van der Waals surface area contributed by atoms with Gasteiger partial charge in [0.1, 0.15) is 0 Å². The topological polar surface area (TPSA) is 29.3 Å². The lowest BCUT2D eigenvalue weighted by Gasteiger charge is -2.27. The maximum Gasteiger partial charge on any atom is 0.0549 e. The van der Waals surface area contributed by atoms with Gasteiger partial charge in [0.05, 0.1) is 5.69 Å². The molecule has 80 valence electrons. The Labute approximate surface area is 98.6 Å². The average molecular weight is 267 g/mol. The number of nitrogens with zero attached hydrogens (tertiary/aromatic N) is 1. The van der Waals surface area contributed by atoms with Crippen LogP contribution in [0.5, 0.6) is 0 Å². The fourth-order valence-electron chi connectivity index (χ4n) is 3.03. The minimum atomic E-state index is 0.551. The van der Waals surface area contributed by atoms with Gasteiger partial charge in [-0.2, -0.15) is 0 Å². The highest BCUT2D eigenvalue weighted by atomic mass is 79.9. The molecule has 3 rings (SSSR count). The minimum absolute atomic E-state index is 0.551. The molecule has 0 saturated carbocycles. The molecule has 2 heterocycles. The number of hydrogen-bond acceptors (Lipinski definition) is 2. The van der Waals surface area contributed by atoms with E-state index in [1.165, 1.54) is 35.0 Å². The van der Waals surface area contributed by atoms with Crippen LogP contribution in [0.1, 0.15) is 18.4 Å². The summed E-state index contributed by atoms with van der Waals surface area (Å²) >= 11 is 3.66. The summed E-state index contributed by atoms with van der Waals surface area (Å²) in [6.07, 6.45) is 3.75. The van der Waals surface area contributed by atoms with Gasteiger partial charge in [0, 0.05) is 23.1 Å². The molecule has 3 heteroatoms. The molecule has 2 nitrogen and oxygen atoms in total. The Morgan fingerprint density at radius 1 is 1.40 bits per heavy atom. The summed E-state index contributed by atoms with van der Waals surface area (Å²) in [5.41, 5.74) is 8.72. The molecule has 2 aliphatic heterocycles. The maximum absolute atomic E-state index is 5.84. The van der Waals surface area contributed by atoms with E-state index in [0.29, 0.717) is 12.1 Å². The molecule has 1 aromatic carbocycles. The highest BCUT2D eigenvalue weighted by Gasteiger charge is 2.39. The predicted octanol–water partition coefficient (Wildman–Crippen LogP) is 2.30. The molecule has 2 aliphatic rings. The van der Waals surface area contributed by atoms with Gasteiger partial charge in [-0.25, -0.2) is 0 Å². The van der Waals surface area contributed by atoms with Crippen molar-refractivity contribution >= 4 is 21.6 Å². The van der Waals surface area contributed by atoms with Crippen LogP contribution in [-0.2, 0) is 6.42 Å². The van der Waals surface area contributed by atoms with Crippen LogP contribution in [0, 0.1) is 0 Å². The summed E-state index contributed by atoms with van der Waals surface area (Å²) in [5, 5.41) is 0. The van der Waals surface area contributed by atoms with E-state index in [-0.39, 0.29) is 0 Å². The van der Waals surface area contributed by atoms with Gasteiger partial charge in [0.15, 0.2) is 0 Å². The lowest BCUT2D eigenvalue weighted by atomic mass is 10.1. The smallest absolute Gasteiger partial charge is 0.0549 e. The Hall–Kier alpha value is -0.540. The van der Waals surface area contributed by atoms with Crippen LogP contribution in [0.3, 0.4) is 0 Å². The van der Waals surface area contributed by atoms with Gasteiger partial charge in [-0.3, -0.25) is 0 Å². The van der Waals surface area contributed by atoms with Crippen molar-refractivity contribution in [1.29, 1.82) is 0 Å². The molecular formula is C12H15BrN2. The van der Waals surface area contributed by atoms with Crippen LogP contribution in [0.2, 0.25) is 0 Å². The van der Waals surface area contributed by atoms with E-state index in [4.69, 9.17) is 5.73 Å². The fraction of sp³-hybridized carbons (Fsp3) is 0.500. The summed E-state index contributed by atoms with van der Waals surface area (Å²) in [5.74, 6) is 0. The van der Waals surface area contributed by atoms with Crippen molar-refractivity contribution in [3.8, 4) is 0 Å². The van der Waals surface area contributed by atoms with E-state index in [0.717, 1.165) is 6.54 Å². The van der Waals surface area contributed by atoms with Crippen LogP contribution in [0.15, 0.2) is 22.7 Å². The summed E-state index contributed by atoms with van der Waals surface area (Å²) in [6.45, 7) is 0.775. The van der Waals surface area contributed by atoms with Gasteiger partial charge >= 0.3 is 0 Å². The second-order valence-corrected chi connectivity index (χ2v) is 5.33. The van der Waals surface area contributed by atoms with Crippen LogP contribution >= 0.6 is 15.9 Å². The van der Waals surface area contributed by atoms with E-state index >= 15 is 0 Å². The first-order valence-corrected chi connectivity index (χ1v) is 6.36. The Morgan fingerprint density at radius 2 is 2.27 bits per heavy atom. The minimum Gasteiger partial charge on any atom is -0.363 e. The van der Waals surface area contributed by atoms with Crippen LogP contribution in [0.25, 0.3) is 0 Å². The van der Waals surface area contributed by atoms with Gasteiger partial charge in [-0.1, -0.05) is 12.1 Å². The molecule has 15 heavy (non-hydrogen) atoms. The lowest BCUT2D eigenvalue weighted by Crippen LogP contribution is -2.38. The fourth-order valence-corrected chi connectivity index (χ4v) is 3.64. The molecule has 1 aromatic rings. The zero-order valence-corrected chi connectivity index (χ0v) is 10.2. The van der Waals surface area contributed by atoms with E-state index in [1.54, 1.807) is 0 Å². The first-order chi connectivity index (χ1) is 7.31. The number of benzene rings is 1. The van der Waals surface area contributed by atoms with Gasteiger partial charge < -0.3 is 10.6 Å². The standard InChI is InChI=1S/C12H15BrN2/c13-11-3-1-2-8-6-9-4-5-10(7-14)15(9)12(8)11/h1-3,9-10H,4-7,14H2. The monoisotopic (exact) mass is 266 g/mol. The number of fused-ring (bicyclic) bond motifs is 3. The second-order valence-electron chi connectivity index (χ2n) is 4.48. The van der Waals surface area contributed by atoms with Gasteiger partial charge in [-0.15, -0.1) is 0 Å². The maximum atomic E-state index is 5.84. The van der Waals surface area contributed by atoms with E-state index in [9.17, 15) is 0 Å². The summed E-state index contributed by atoms with van der Waals surface area (Å²) in [7, 11) is 0. The van der Waals surface area contributed by atoms with Crippen molar-refractivity contribution in [3.05, 3.63) is 28.2 Å².